The number of para-hydroxylation sites is 4. The van der Waals surface area contributed by atoms with Gasteiger partial charge in [-0.3, -0.25) is 9.13 Å². The summed E-state index contributed by atoms with van der Waals surface area (Å²) in [6, 6.07) is 51.0. The Kier molecular flexibility index (Phi) is 7.91. The maximum atomic E-state index is 8.24. The number of ether oxygens (including phenoxy) is 1. The zero-order valence-electron chi connectivity index (χ0n) is 37.9. The van der Waals surface area contributed by atoms with E-state index in [1.807, 2.05) is 0 Å². The normalized spacial score (nSPS) is 30.7. The van der Waals surface area contributed by atoms with Crippen molar-refractivity contribution in [3.8, 4) is 34.4 Å². The minimum absolute atomic E-state index is 0.180. The first-order valence-corrected chi connectivity index (χ1v) is 25.1. The fourth-order valence-corrected chi connectivity index (χ4v) is 16.1. The lowest BCUT2D eigenvalue weighted by molar-refractivity contribution is -0.290. The van der Waals surface area contributed by atoms with Gasteiger partial charge in [0.1, 0.15) is 11.2 Å². The second-order valence-electron chi connectivity index (χ2n) is 21.8. The molecule has 9 aromatic rings. The molecule has 1 aliphatic heterocycles. The van der Waals surface area contributed by atoms with Crippen LogP contribution < -0.4 is 0 Å². The molecule has 3 aromatic heterocycles. The average molecular weight is 862 g/mol. The Hall–Kier alpha value is -6.11. The van der Waals surface area contributed by atoms with E-state index in [0.29, 0.717) is 41.4 Å². The predicted molar refractivity (Wildman–Crippen MR) is 265 cm³/mol. The summed E-state index contributed by atoms with van der Waals surface area (Å²) in [6.07, 6.45) is 12.1. The molecule has 6 saturated carbocycles. The molecule has 6 heteroatoms. The summed E-state index contributed by atoms with van der Waals surface area (Å²) in [5.41, 5.74) is 10.4. The third kappa shape index (κ3) is 5.14. The average Bonchev–Trinajstić information content (AvgIpc) is 3.97. The number of benzene rings is 6. The van der Waals surface area contributed by atoms with Crippen molar-refractivity contribution in [1.29, 1.82) is 0 Å². The number of hydrogen-bond acceptors (Lipinski definition) is 4. The van der Waals surface area contributed by atoms with Gasteiger partial charge >= 0.3 is 0 Å². The van der Waals surface area contributed by atoms with E-state index in [0.717, 1.165) is 51.3 Å². The molecule has 0 saturated heterocycles. The maximum Gasteiger partial charge on any atom is 0.240 e. The zero-order valence-corrected chi connectivity index (χ0v) is 37.9. The number of fused-ring (bicyclic) bond motifs is 11. The molecule has 326 valence electrons. The van der Waals surface area contributed by atoms with Crippen molar-refractivity contribution in [2.24, 2.45) is 47.3 Å². The van der Waals surface area contributed by atoms with Gasteiger partial charge in [-0.2, -0.15) is 15.0 Å². The van der Waals surface area contributed by atoms with Crippen LogP contribution in [0.5, 0.6) is 0 Å². The number of aromatic nitrogens is 5. The minimum atomic E-state index is -0.187. The number of nitrogens with zero attached hydrogens (tertiary/aromatic N) is 5. The van der Waals surface area contributed by atoms with E-state index in [1.54, 1.807) is 11.1 Å². The lowest BCUT2D eigenvalue weighted by atomic mass is 9.48. The van der Waals surface area contributed by atoms with Crippen molar-refractivity contribution in [3.05, 3.63) is 151 Å². The van der Waals surface area contributed by atoms with E-state index in [9.17, 15) is 0 Å². The fraction of sp³-hybridized carbons (Fsp3) is 0.350. The van der Waals surface area contributed by atoms with Crippen LogP contribution >= 0.6 is 0 Å². The van der Waals surface area contributed by atoms with Crippen LogP contribution in [0.3, 0.4) is 0 Å². The molecule has 5 atom stereocenters. The van der Waals surface area contributed by atoms with Crippen molar-refractivity contribution in [2.45, 2.75) is 82.8 Å². The van der Waals surface area contributed by atoms with Crippen molar-refractivity contribution < 1.29 is 4.74 Å². The zero-order chi connectivity index (χ0) is 43.5. The first-order valence-electron chi connectivity index (χ1n) is 25.1. The third-order valence-electron chi connectivity index (χ3n) is 18.2. The summed E-state index contributed by atoms with van der Waals surface area (Å²) in [7, 11) is 0. The SMILES string of the molecule is CC1CC2CC(C)C3(OC4(c5cc(-c6cccc(-c7nc(-n8c9ccccc9c9ccccc98)nc(-n8c9ccccc9c9ccccc98)n7)c6)ccc53)C3CC5CC(C3)CC4C5)C(C1)C2. The minimum Gasteiger partial charge on any atom is -0.358 e. The van der Waals surface area contributed by atoms with Gasteiger partial charge in [-0.25, -0.2) is 0 Å². The summed E-state index contributed by atoms with van der Waals surface area (Å²) in [4.78, 5) is 16.3. The molecule has 6 fully saturated rings. The molecule has 2 spiro atoms. The van der Waals surface area contributed by atoms with E-state index in [-0.39, 0.29) is 11.2 Å². The van der Waals surface area contributed by atoms with Crippen LogP contribution in [0.1, 0.15) is 82.8 Å². The summed E-state index contributed by atoms with van der Waals surface area (Å²) in [5, 5.41) is 4.70. The molecule has 66 heavy (non-hydrogen) atoms. The van der Waals surface area contributed by atoms with Gasteiger partial charge in [-0.05, 0) is 164 Å². The van der Waals surface area contributed by atoms with Crippen LogP contribution in [-0.2, 0) is 15.9 Å². The molecule has 16 rings (SSSR count). The lowest BCUT2D eigenvalue weighted by Gasteiger charge is -2.62. The molecule has 6 bridgehead atoms. The van der Waals surface area contributed by atoms with Gasteiger partial charge in [0.25, 0.3) is 0 Å². The van der Waals surface area contributed by atoms with Crippen LogP contribution in [0.2, 0.25) is 0 Å². The molecule has 6 aromatic carbocycles. The Morgan fingerprint density at radius 3 is 1.47 bits per heavy atom. The Morgan fingerprint density at radius 1 is 0.424 bits per heavy atom. The molecular weight excluding hydrogens is 807 g/mol. The maximum absolute atomic E-state index is 8.24. The molecule has 6 aliphatic carbocycles. The van der Waals surface area contributed by atoms with E-state index < -0.39 is 0 Å². The van der Waals surface area contributed by atoms with Crippen molar-refractivity contribution in [3.63, 3.8) is 0 Å². The van der Waals surface area contributed by atoms with Crippen molar-refractivity contribution >= 4 is 43.6 Å². The van der Waals surface area contributed by atoms with Gasteiger partial charge in [-0.1, -0.05) is 117 Å². The Labute approximate surface area is 386 Å². The first kappa shape index (κ1) is 38.0. The van der Waals surface area contributed by atoms with Crippen LogP contribution in [0.4, 0.5) is 0 Å². The van der Waals surface area contributed by atoms with Gasteiger partial charge in [-0.15, -0.1) is 0 Å². The van der Waals surface area contributed by atoms with Crippen molar-refractivity contribution in [2.75, 3.05) is 0 Å². The quantitative estimate of drug-likeness (QED) is 0.177. The van der Waals surface area contributed by atoms with Crippen LogP contribution in [-0.4, -0.2) is 24.1 Å². The van der Waals surface area contributed by atoms with Gasteiger partial charge in [0.15, 0.2) is 5.82 Å². The lowest BCUT2D eigenvalue weighted by Crippen LogP contribution is -2.58. The highest BCUT2D eigenvalue weighted by molar-refractivity contribution is 6.10. The van der Waals surface area contributed by atoms with Gasteiger partial charge in [0.05, 0.1) is 22.1 Å². The van der Waals surface area contributed by atoms with E-state index in [4.69, 9.17) is 19.7 Å². The molecule has 0 radical (unpaired) electrons. The molecule has 0 N–H and O–H groups in total. The second kappa shape index (κ2) is 13.7. The van der Waals surface area contributed by atoms with Gasteiger partial charge in [0, 0.05) is 27.1 Å². The van der Waals surface area contributed by atoms with E-state index in [2.05, 4.69) is 163 Å². The summed E-state index contributed by atoms with van der Waals surface area (Å²) >= 11 is 0. The molecular formula is C60H55N5O. The fourth-order valence-electron chi connectivity index (χ4n) is 16.1. The molecule has 6 nitrogen and oxygen atoms in total. The van der Waals surface area contributed by atoms with E-state index >= 15 is 0 Å². The van der Waals surface area contributed by atoms with E-state index in [1.165, 1.54) is 90.5 Å². The smallest absolute Gasteiger partial charge is 0.240 e. The monoisotopic (exact) mass is 861 g/mol. The van der Waals surface area contributed by atoms with Gasteiger partial charge in [0.2, 0.25) is 11.9 Å². The molecule has 0 amide bonds. The topological polar surface area (TPSA) is 57.8 Å². The summed E-state index contributed by atoms with van der Waals surface area (Å²) in [6.45, 7) is 5.07. The third-order valence-corrected chi connectivity index (χ3v) is 18.2. The molecule has 7 aliphatic rings. The van der Waals surface area contributed by atoms with Crippen LogP contribution in [0, 0.1) is 47.3 Å². The largest absolute Gasteiger partial charge is 0.358 e. The van der Waals surface area contributed by atoms with Crippen LogP contribution in [0.25, 0.3) is 78.0 Å². The Morgan fingerprint density at radius 2 is 0.909 bits per heavy atom. The Balaban J connectivity index is 0.923. The van der Waals surface area contributed by atoms with Gasteiger partial charge < -0.3 is 4.74 Å². The predicted octanol–water partition coefficient (Wildman–Crippen LogP) is 14.4. The summed E-state index contributed by atoms with van der Waals surface area (Å²) < 4.78 is 12.7. The highest BCUT2D eigenvalue weighted by atomic mass is 16.5. The second-order valence-corrected chi connectivity index (χ2v) is 21.8. The summed E-state index contributed by atoms with van der Waals surface area (Å²) in [5.74, 6) is 7.56. The standard InChI is InChI=1S/C60H55N5O/c1-35-24-37-26-36(2)59(43(25-35)28-37)50-23-22-41(34-51(50)60(66-59)44-29-38-27-39(31-44)32-45(60)30-38)40-12-11-13-42(33-40)56-61-57(64-52-18-7-3-14-46(52)47-15-4-8-19-53(47)64)63-58(62-56)65-54-20-9-5-16-48(54)49-17-6-10-21-55(49)65/h3-23,33-39,43-45H,24-32H2,1-2H3. The first-order chi connectivity index (χ1) is 32.4. The highest BCUT2D eigenvalue weighted by Gasteiger charge is 2.69. The number of rotatable bonds is 4. The van der Waals surface area contributed by atoms with Crippen LogP contribution in [0.15, 0.2) is 140 Å². The molecule has 5 unspecified atom stereocenters. The molecule has 4 heterocycles. The Bertz CT molecular complexity index is 3200. The highest BCUT2D eigenvalue weighted by Crippen LogP contribution is 2.72. The number of hydrogen-bond donors (Lipinski definition) is 0. The van der Waals surface area contributed by atoms with Crippen molar-refractivity contribution in [1.82, 2.24) is 24.1 Å².